The molecule has 0 saturated heterocycles. The number of aliphatic hydroxyl groups is 2. The first kappa shape index (κ1) is 50.4. The summed E-state index contributed by atoms with van der Waals surface area (Å²) in [6.45, 7) is 4.25. The summed E-state index contributed by atoms with van der Waals surface area (Å²) in [5.41, 5.74) is 0. The lowest BCUT2D eigenvalue weighted by atomic mass is 10.0. The molecule has 0 aromatic carbocycles. The maximum Gasteiger partial charge on any atom is 0.220 e. The second kappa shape index (κ2) is 43.8. The van der Waals surface area contributed by atoms with Crippen molar-refractivity contribution in [3.05, 3.63) is 48.6 Å². The van der Waals surface area contributed by atoms with Crippen LogP contribution in [0.3, 0.4) is 0 Å². The van der Waals surface area contributed by atoms with Gasteiger partial charge < -0.3 is 15.5 Å². The third-order valence-corrected chi connectivity index (χ3v) is 10.4. The van der Waals surface area contributed by atoms with Crippen molar-refractivity contribution in [2.45, 2.75) is 244 Å². The van der Waals surface area contributed by atoms with Crippen LogP contribution >= 0.6 is 0 Å². The Bertz CT molecular complexity index is 831. The van der Waals surface area contributed by atoms with Gasteiger partial charge >= 0.3 is 0 Å². The molecular formula is C48H89NO3. The topological polar surface area (TPSA) is 69.6 Å². The molecule has 304 valence electrons. The monoisotopic (exact) mass is 728 g/mol. The van der Waals surface area contributed by atoms with E-state index in [1.165, 1.54) is 154 Å². The van der Waals surface area contributed by atoms with Crippen LogP contribution in [-0.4, -0.2) is 34.9 Å². The van der Waals surface area contributed by atoms with Gasteiger partial charge in [0.05, 0.1) is 18.8 Å². The highest BCUT2D eigenvalue weighted by atomic mass is 16.3. The number of carbonyl (C=O) groups is 1. The van der Waals surface area contributed by atoms with Gasteiger partial charge in [0.25, 0.3) is 0 Å². The molecule has 0 fully saturated rings. The molecule has 4 heteroatoms. The van der Waals surface area contributed by atoms with E-state index in [2.05, 4.69) is 67.8 Å². The Kier molecular flexibility index (Phi) is 42.4. The van der Waals surface area contributed by atoms with E-state index in [-0.39, 0.29) is 12.5 Å². The van der Waals surface area contributed by atoms with E-state index in [4.69, 9.17) is 0 Å². The standard InChI is InChI=1S/C48H89NO3/c1-3-5-7-9-11-13-15-17-18-19-20-21-22-23-24-25-26-27-28-29-30-32-34-36-38-40-42-44-48(52)49-46(45-50)47(51)43-41-39-37-35-33-31-16-14-12-10-8-6-4-2/h5,7,11,13,17-18,20-21,46-47,50-51H,3-4,6,8-10,12,14-16,19,22-45H2,1-2H3,(H,49,52)/b7-5-,13-11-,18-17-,21-20-. The number of allylic oxidation sites excluding steroid dienone is 8. The number of aliphatic hydroxyl groups excluding tert-OH is 2. The third-order valence-electron chi connectivity index (χ3n) is 10.4. The zero-order valence-corrected chi connectivity index (χ0v) is 34.8. The molecule has 0 aromatic rings. The van der Waals surface area contributed by atoms with E-state index in [1.54, 1.807) is 0 Å². The number of hydrogen-bond donors (Lipinski definition) is 3. The molecule has 0 spiro atoms. The Balaban J connectivity index is 3.48. The highest BCUT2D eigenvalue weighted by Crippen LogP contribution is 2.16. The van der Waals surface area contributed by atoms with Crippen molar-refractivity contribution >= 4 is 5.91 Å². The molecule has 0 heterocycles. The Morgan fingerprint density at radius 3 is 1.27 bits per heavy atom. The number of amides is 1. The minimum absolute atomic E-state index is 0.0330. The van der Waals surface area contributed by atoms with Gasteiger partial charge in [-0.2, -0.15) is 0 Å². The molecule has 0 aliphatic heterocycles. The van der Waals surface area contributed by atoms with E-state index in [0.29, 0.717) is 12.8 Å². The first-order valence-corrected chi connectivity index (χ1v) is 22.8. The molecule has 52 heavy (non-hydrogen) atoms. The fourth-order valence-electron chi connectivity index (χ4n) is 6.88. The molecule has 4 nitrogen and oxygen atoms in total. The maximum absolute atomic E-state index is 12.4. The number of hydrogen-bond acceptors (Lipinski definition) is 3. The molecular weight excluding hydrogens is 639 g/mol. The molecule has 0 aliphatic rings. The van der Waals surface area contributed by atoms with Gasteiger partial charge in [-0.15, -0.1) is 0 Å². The van der Waals surface area contributed by atoms with Gasteiger partial charge in [0, 0.05) is 6.42 Å². The van der Waals surface area contributed by atoms with Crippen molar-refractivity contribution in [2.24, 2.45) is 0 Å². The number of nitrogens with one attached hydrogen (secondary N) is 1. The molecule has 2 atom stereocenters. The van der Waals surface area contributed by atoms with Crippen LogP contribution in [-0.2, 0) is 4.79 Å². The average molecular weight is 728 g/mol. The summed E-state index contributed by atoms with van der Waals surface area (Å²) < 4.78 is 0. The molecule has 0 aromatic heterocycles. The first-order chi connectivity index (χ1) is 25.7. The van der Waals surface area contributed by atoms with Gasteiger partial charge in [0.15, 0.2) is 0 Å². The number of unbranched alkanes of at least 4 members (excludes halogenated alkanes) is 26. The lowest BCUT2D eigenvalue weighted by Crippen LogP contribution is -2.45. The molecule has 0 saturated carbocycles. The molecule has 3 N–H and O–H groups in total. The van der Waals surface area contributed by atoms with Crippen LogP contribution in [0.25, 0.3) is 0 Å². The molecule has 1 amide bonds. The highest BCUT2D eigenvalue weighted by molar-refractivity contribution is 5.76. The van der Waals surface area contributed by atoms with Crippen LogP contribution in [0.4, 0.5) is 0 Å². The second-order valence-electron chi connectivity index (χ2n) is 15.4. The summed E-state index contributed by atoms with van der Waals surface area (Å²) in [5.74, 6) is -0.0330. The quantitative estimate of drug-likeness (QED) is 0.0434. The fourth-order valence-corrected chi connectivity index (χ4v) is 6.88. The van der Waals surface area contributed by atoms with Gasteiger partial charge in [-0.05, 0) is 51.4 Å². The summed E-state index contributed by atoms with van der Waals surface area (Å²) in [5, 5.41) is 23.2. The van der Waals surface area contributed by atoms with Gasteiger partial charge in [-0.1, -0.05) is 223 Å². The second-order valence-corrected chi connectivity index (χ2v) is 15.4. The van der Waals surface area contributed by atoms with E-state index < -0.39 is 12.1 Å². The summed E-state index contributed by atoms with van der Waals surface area (Å²) in [7, 11) is 0. The summed E-state index contributed by atoms with van der Waals surface area (Å²) in [6.07, 6.45) is 59.1. The molecule has 0 bridgehead atoms. The molecule has 0 aliphatic carbocycles. The minimum Gasteiger partial charge on any atom is -0.394 e. The van der Waals surface area contributed by atoms with E-state index in [9.17, 15) is 15.0 Å². The van der Waals surface area contributed by atoms with Gasteiger partial charge in [0.2, 0.25) is 5.91 Å². The summed E-state index contributed by atoms with van der Waals surface area (Å²) in [4.78, 5) is 12.4. The zero-order valence-electron chi connectivity index (χ0n) is 34.8. The van der Waals surface area contributed by atoms with Crippen molar-refractivity contribution < 1.29 is 15.0 Å². The van der Waals surface area contributed by atoms with Crippen molar-refractivity contribution in [3.8, 4) is 0 Å². The van der Waals surface area contributed by atoms with Crippen LogP contribution in [0.15, 0.2) is 48.6 Å². The van der Waals surface area contributed by atoms with Crippen LogP contribution in [0.2, 0.25) is 0 Å². The first-order valence-electron chi connectivity index (χ1n) is 22.8. The Hall–Kier alpha value is -1.65. The van der Waals surface area contributed by atoms with Crippen LogP contribution in [0.5, 0.6) is 0 Å². The molecule has 2 unspecified atom stereocenters. The van der Waals surface area contributed by atoms with Gasteiger partial charge in [-0.3, -0.25) is 4.79 Å². The highest BCUT2D eigenvalue weighted by Gasteiger charge is 2.20. The predicted octanol–water partition coefficient (Wildman–Crippen LogP) is 14.4. The van der Waals surface area contributed by atoms with E-state index in [1.807, 2.05) is 0 Å². The van der Waals surface area contributed by atoms with Crippen molar-refractivity contribution in [1.29, 1.82) is 0 Å². The Labute approximate surface area is 324 Å². The Morgan fingerprint density at radius 2 is 0.846 bits per heavy atom. The molecule has 0 rings (SSSR count). The smallest absolute Gasteiger partial charge is 0.220 e. The van der Waals surface area contributed by atoms with Crippen LogP contribution in [0, 0.1) is 0 Å². The van der Waals surface area contributed by atoms with Crippen LogP contribution in [0.1, 0.15) is 232 Å². The molecule has 0 radical (unpaired) electrons. The number of rotatable bonds is 41. The fraction of sp³-hybridized carbons (Fsp3) is 0.812. The summed E-state index contributed by atoms with van der Waals surface area (Å²) >= 11 is 0. The average Bonchev–Trinajstić information content (AvgIpc) is 3.15. The van der Waals surface area contributed by atoms with E-state index in [0.717, 1.165) is 51.4 Å². The summed E-state index contributed by atoms with van der Waals surface area (Å²) in [6, 6.07) is -0.536. The van der Waals surface area contributed by atoms with Gasteiger partial charge in [0.1, 0.15) is 0 Å². The maximum atomic E-state index is 12.4. The van der Waals surface area contributed by atoms with Crippen molar-refractivity contribution in [1.82, 2.24) is 5.32 Å². The van der Waals surface area contributed by atoms with Gasteiger partial charge in [-0.25, -0.2) is 0 Å². The van der Waals surface area contributed by atoms with E-state index >= 15 is 0 Å². The SMILES string of the molecule is CC/C=C\C/C=C\C/C=C\C/C=C\CCCCCCCCCCCCCCCCC(=O)NC(CO)C(O)CCCCCCCCCCCCCCC. The third kappa shape index (κ3) is 39.6. The lowest BCUT2D eigenvalue weighted by Gasteiger charge is -2.22. The van der Waals surface area contributed by atoms with Crippen molar-refractivity contribution in [2.75, 3.05) is 6.61 Å². The lowest BCUT2D eigenvalue weighted by molar-refractivity contribution is -0.123. The Morgan fingerprint density at radius 1 is 0.481 bits per heavy atom. The van der Waals surface area contributed by atoms with Crippen LogP contribution < -0.4 is 5.32 Å². The predicted molar refractivity (Wildman–Crippen MR) is 230 cm³/mol. The normalized spacial score (nSPS) is 13.4. The zero-order chi connectivity index (χ0) is 37.8. The van der Waals surface area contributed by atoms with Crippen molar-refractivity contribution in [3.63, 3.8) is 0 Å². The minimum atomic E-state index is -0.659. The number of carbonyl (C=O) groups excluding carboxylic acids is 1. The largest absolute Gasteiger partial charge is 0.394 e.